The molecule has 0 radical (unpaired) electrons. The van der Waals surface area contributed by atoms with Gasteiger partial charge in [-0.25, -0.2) is 9.97 Å². The first kappa shape index (κ1) is 15.6. The molecule has 0 bridgehead atoms. The molecule has 0 fully saturated rings. The summed E-state index contributed by atoms with van der Waals surface area (Å²) in [6, 6.07) is 6.80. The van der Waals surface area contributed by atoms with E-state index in [4.69, 9.17) is 11.6 Å². The Labute approximate surface area is 124 Å². The predicted molar refractivity (Wildman–Crippen MR) is 77.2 cm³/mol. The summed E-state index contributed by atoms with van der Waals surface area (Å²) in [6.07, 6.45) is 1.27. The summed E-state index contributed by atoms with van der Waals surface area (Å²) in [5.41, 5.74) is 0.231. The fourth-order valence-corrected chi connectivity index (χ4v) is 1.92. The van der Waals surface area contributed by atoms with E-state index in [9.17, 15) is 9.59 Å². The quantitative estimate of drug-likeness (QED) is 0.688. The van der Waals surface area contributed by atoms with E-state index in [2.05, 4.69) is 9.97 Å². The van der Waals surface area contributed by atoms with Crippen molar-refractivity contribution < 1.29 is 0 Å². The highest BCUT2D eigenvalue weighted by Gasteiger charge is 2.13. The van der Waals surface area contributed by atoms with Crippen molar-refractivity contribution in [3.63, 3.8) is 0 Å². The lowest BCUT2D eigenvalue weighted by atomic mass is 10.1. The van der Waals surface area contributed by atoms with Crippen LogP contribution in [0.1, 0.15) is 0 Å². The predicted octanol–water partition coefficient (Wildman–Crippen LogP) is 1.96. The fourth-order valence-electron chi connectivity index (χ4n) is 1.79. The molecule has 2 aliphatic rings. The standard InChI is InChI=1S/C12H5ClN2O2.2ClH/c13-7-3-1-6(2-4-7)10-9-8(11(16)15-10)5-14-12(9)17;;/h1-5H;2*1H. The molecule has 2 heterocycles. The monoisotopic (exact) mass is 316 g/mol. The first-order valence-corrected chi connectivity index (χ1v) is 5.26. The Morgan fingerprint density at radius 2 is 1.58 bits per heavy atom. The van der Waals surface area contributed by atoms with Gasteiger partial charge in [-0.15, -0.1) is 24.8 Å². The van der Waals surface area contributed by atoms with Crippen molar-refractivity contribution in [2.75, 3.05) is 0 Å². The minimum absolute atomic E-state index is 0. The zero-order valence-corrected chi connectivity index (χ0v) is 11.7. The molecule has 19 heavy (non-hydrogen) atoms. The number of hydrogen-bond acceptors (Lipinski definition) is 4. The third kappa shape index (κ3) is 2.47. The largest absolute Gasteiger partial charge is 0.280 e. The lowest BCUT2D eigenvalue weighted by Crippen LogP contribution is -2.01. The molecule has 7 heteroatoms. The van der Waals surface area contributed by atoms with Gasteiger partial charge in [0.2, 0.25) is 0 Å². The van der Waals surface area contributed by atoms with Gasteiger partial charge in [0.15, 0.2) is 0 Å². The Morgan fingerprint density at radius 3 is 2.21 bits per heavy atom. The van der Waals surface area contributed by atoms with E-state index in [0.717, 1.165) is 0 Å². The van der Waals surface area contributed by atoms with Crippen molar-refractivity contribution in [1.82, 2.24) is 9.97 Å². The van der Waals surface area contributed by atoms with Crippen LogP contribution in [0.15, 0.2) is 40.1 Å². The number of benzene rings is 1. The van der Waals surface area contributed by atoms with Gasteiger partial charge in [-0.1, -0.05) is 23.7 Å². The van der Waals surface area contributed by atoms with E-state index in [1.165, 1.54) is 6.20 Å². The normalized spacial score (nSPS) is 9.95. The van der Waals surface area contributed by atoms with Gasteiger partial charge < -0.3 is 0 Å². The van der Waals surface area contributed by atoms with E-state index >= 15 is 0 Å². The molecule has 0 atom stereocenters. The molecule has 0 aromatic heterocycles. The molecule has 0 amide bonds. The smallest absolute Gasteiger partial charge is 0.267 e. The molecule has 0 unspecified atom stereocenters. The molecule has 0 saturated heterocycles. The number of hydrogen-bond donors (Lipinski definition) is 0. The summed E-state index contributed by atoms with van der Waals surface area (Å²) in [6.45, 7) is 0. The first-order chi connectivity index (χ1) is 8.16. The maximum Gasteiger partial charge on any atom is 0.280 e. The molecule has 1 aromatic carbocycles. The highest BCUT2D eigenvalue weighted by atomic mass is 35.5. The number of aromatic nitrogens is 2. The highest BCUT2D eigenvalue weighted by molar-refractivity contribution is 6.30. The van der Waals surface area contributed by atoms with E-state index < -0.39 is 11.1 Å². The number of nitrogens with zero attached hydrogens (tertiary/aromatic N) is 2. The average molecular weight is 318 g/mol. The second-order valence-electron chi connectivity index (χ2n) is 3.62. The molecule has 3 rings (SSSR count). The van der Waals surface area contributed by atoms with Gasteiger partial charge >= 0.3 is 0 Å². The third-order valence-electron chi connectivity index (χ3n) is 2.59. The van der Waals surface area contributed by atoms with Crippen LogP contribution < -0.4 is 11.1 Å². The Bertz CT molecular complexity index is 837. The summed E-state index contributed by atoms with van der Waals surface area (Å²) < 4.78 is 0. The molecule has 0 N–H and O–H groups in total. The van der Waals surface area contributed by atoms with Gasteiger partial charge in [0.05, 0.1) is 16.1 Å². The highest BCUT2D eigenvalue weighted by Crippen LogP contribution is 2.19. The molecule has 98 valence electrons. The van der Waals surface area contributed by atoms with Crippen molar-refractivity contribution in [3.05, 3.63) is 66.6 Å². The first-order valence-electron chi connectivity index (χ1n) is 4.89. The van der Waals surface area contributed by atoms with Crippen molar-refractivity contribution >= 4 is 36.4 Å². The van der Waals surface area contributed by atoms with E-state index in [1.54, 1.807) is 24.3 Å². The SMILES string of the molecule is Cl.Cl.O=c1nc(-c2ccc(Cl)cc2)c2c(=O)ncc1=2. The van der Waals surface area contributed by atoms with Crippen LogP contribution in [0.25, 0.3) is 11.3 Å². The zero-order chi connectivity index (χ0) is 12.0. The van der Waals surface area contributed by atoms with Crippen molar-refractivity contribution in [3.8, 4) is 11.3 Å². The van der Waals surface area contributed by atoms with Crippen LogP contribution in [0.5, 0.6) is 0 Å². The molecule has 0 aliphatic carbocycles. The summed E-state index contributed by atoms with van der Waals surface area (Å²) in [5.74, 6) is 0. The van der Waals surface area contributed by atoms with Gasteiger partial charge in [0.25, 0.3) is 11.1 Å². The minimum Gasteiger partial charge on any atom is -0.267 e. The van der Waals surface area contributed by atoms with Crippen molar-refractivity contribution in [1.29, 1.82) is 0 Å². The van der Waals surface area contributed by atoms with E-state index in [-0.39, 0.29) is 35.3 Å². The molecule has 0 spiro atoms. The van der Waals surface area contributed by atoms with Crippen LogP contribution in [0.4, 0.5) is 0 Å². The van der Waals surface area contributed by atoms with Crippen LogP contribution in [0, 0.1) is 10.4 Å². The number of halogens is 3. The fraction of sp³-hybridized carbons (Fsp3) is 0. The zero-order valence-electron chi connectivity index (χ0n) is 9.29. The van der Waals surface area contributed by atoms with E-state index in [0.29, 0.717) is 16.3 Å². The van der Waals surface area contributed by atoms with Gasteiger partial charge in [0, 0.05) is 16.8 Å². The Hall–Kier alpha value is -1.49. The maximum absolute atomic E-state index is 11.5. The molecule has 0 saturated carbocycles. The lowest BCUT2D eigenvalue weighted by molar-refractivity contribution is 1.23. The summed E-state index contributed by atoms with van der Waals surface area (Å²) in [4.78, 5) is 30.5. The number of rotatable bonds is 1. The van der Waals surface area contributed by atoms with E-state index in [1.807, 2.05) is 0 Å². The molecule has 1 aromatic rings. The summed E-state index contributed by atoms with van der Waals surface area (Å²) in [5, 5.41) is 1.15. The second-order valence-corrected chi connectivity index (χ2v) is 4.06. The van der Waals surface area contributed by atoms with Crippen LogP contribution in [0.3, 0.4) is 0 Å². The van der Waals surface area contributed by atoms with Crippen LogP contribution in [-0.2, 0) is 0 Å². The second kappa shape index (κ2) is 5.65. The Balaban J connectivity index is 0.000000902. The summed E-state index contributed by atoms with van der Waals surface area (Å²) in [7, 11) is 0. The maximum atomic E-state index is 11.5. The van der Waals surface area contributed by atoms with Gasteiger partial charge in [-0.05, 0) is 12.1 Å². The molecule has 4 nitrogen and oxygen atoms in total. The molecular formula is C12H7Cl3N2O2. The molecule has 2 aliphatic heterocycles. The van der Waals surface area contributed by atoms with Crippen molar-refractivity contribution in [2.24, 2.45) is 0 Å². The van der Waals surface area contributed by atoms with Crippen LogP contribution >= 0.6 is 36.4 Å². The van der Waals surface area contributed by atoms with Gasteiger partial charge in [-0.2, -0.15) is 0 Å². The average Bonchev–Trinajstić information content (AvgIpc) is 2.83. The Morgan fingerprint density at radius 1 is 0.947 bits per heavy atom. The topological polar surface area (TPSA) is 59.9 Å². The van der Waals surface area contributed by atoms with Crippen LogP contribution in [0.2, 0.25) is 5.02 Å². The van der Waals surface area contributed by atoms with Crippen LogP contribution in [-0.4, -0.2) is 9.97 Å². The van der Waals surface area contributed by atoms with Gasteiger partial charge in [-0.3, -0.25) is 9.59 Å². The van der Waals surface area contributed by atoms with Gasteiger partial charge in [0.1, 0.15) is 0 Å². The lowest BCUT2D eigenvalue weighted by Gasteiger charge is -1.95. The summed E-state index contributed by atoms with van der Waals surface area (Å²) >= 11 is 5.78. The minimum atomic E-state index is -0.417. The Kier molecular flexibility index (Phi) is 4.63. The van der Waals surface area contributed by atoms with Crippen molar-refractivity contribution in [2.45, 2.75) is 0 Å². The molecular weight excluding hydrogens is 311 g/mol. The third-order valence-corrected chi connectivity index (χ3v) is 2.84.